The van der Waals surface area contributed by atoms with Crippen molar-refractivity contribution in [3.63, 3.8) is 0 Å². The van der Waals surface area contributed by atoms with Crippen molar-refractivity contribution >= 4 is 16.8 Å². The van der Waals surface area contributed by atoms with Crippen molar-refractivity contribution in [2.24, 2.45) is 5.92 Å². The molecule has 0 radical (unpaired) electrons. The van der Waals surface area contributed by atoms with E-state index in [0.717, 1.165) is 23.0 Å². The lowest BCUT2D eigenvalue weighted by molar-refractivity contribution is -0.134. The van der Waals surface area contributed by atoms with Gasteiger partial charge in [-0.05, 0) is 48.1 Å². The van der Waals surface area contributed by atoms with Crippen LogP contribution in [0.3, 0.4) is 0 Å². The second kappa shape index (κ2) is 6.08. The van der Waals surface area contributed by atoms with E-state index in [2.05, 4.69) is 0 Å². The number of nitrogens with zero attached hydrogens (tertiary/aromatic N) is 3. The van der Waals surface area contributed by atoms with Gasteiger partial charge in [-0.2, -0.15) is 0 Å². The molecule has 0 spiro atoms. The van der Waals surface area contributed by atoms with Crippen LogP contribution in [0.2, 0.25) is 0 Å². The first-order valence-electron chi connectivity index (χ1n) is 9.30. The minimum atomic E-state index is -0.301. The van der Waals surface area contributed by atoms with E-state index in [0.29, 0.717) is 25.6 Å². The van der Waals surface area contributed by atoms with Crippen LogP contribution in [0.1, 0.15) is 18.0 Å². The molecule has 1 aromatic carbocycles. The minimum absolute atomic E-state index is 0.0400. The van der Waals surface area contributed by atoms with Crippen molar-refractivity contribution in [2.75, 3.05) is 13.1 Å². The first kappa shape index (κ1) is 16.3. The highest BCUT2D eigenvalue weighted by atomic mass is 19.1. The van der Waals surface area contributed by atoms with Gasteiger partial charge in [0.2, 0.25) is 5.91 Å². The monoisotopic (exact) mass is 365 g/mol. The lowest BCUT2D eigenvalue weighted by Crippen LogP contribution is -2.49. The van der Waals surface area contributed by atoms with Crippen LogP contribution in [-0.4, -0.2) is 33.0 Å². The zero-order chi connectivity index (χ0) is 18.5. The Morgan fingerprint density at radius 1 is 1.11 bits per heavy atom. The number of hydrogen-bond acceptors (Lipinski definition) is 2. The fourth-order valence-electron chi connectivity index (χ4n) is 4.64. The second-order valence-electron chi connectivity index (χ2n) is 7.64. The minimum Gasteiger partial charge on any atom is -0.340 e. The van der Waals surface area contributed by atoms with Gasteiger partial charge in [0.15, 0.2) is 0 Å². The molecule has 1 fully saturated rings. The maximum absolute atomic E-state index is 13.6. The molecule has 138 valence electrons. The van der Waals surface area contributed by atoms with Gasteiger partial charge in [0.1, 0.15) is 12.4 Å². The van der Waals surface area contributed by atoms with E-state index < -0.39 is 0 Å². The van der Waals surface area contributed by atoms with Crippen molar-refractivity contribution in [2.45, 2.75) is 25.4 Å². The molecule has 0 N–H and O–H groups in total. The van der Waals surface area contributed by atoms with Gasteiger partial charge in [-0.1, -0.05) is 6.07 Å². The third-order valence-corrected chi connectivity index (χ3v) is 5.87. The Kier molecular flexibility index (Phi) is 3.67. The molecule has 0 aliphatic carbocycles. The van der Waals surface area contributed by atoms with Gasteiger partial charge in [0.25, 0.3) is 5.56 Å². The van der Waals surface area contributed by atoms with E-state index in [1.165, 1.54) is 12.1 Å². The molecule has 2 atom stereocenters. The molecule has 2 aliphatic heterocycles. The SMILES string of the molecule is O=C(Cn1ccc2ccc(F)cc21)N1C[C@@H]2C[C@H](C1)c1cccc(=O)n1C2. The van der Waals surface area contributed by atoms with Crippen molar-refractivity contribution in [3.8, 4) is 0 Å². The summed E-state index contributed by atoms with van der Waals surface area (Å²) < 4.78 is 17.3. The zero-order valence-corrected chi connectivity index (χ0v) is 14.8. The Bertz CT molecular complexity index is 1100. The van der Waals surface area contributed by atoms with Gasteiger partial charge in [-0.15, -0.1) is 0 Å². The number of rotatable bonds is 2. The Hall–Kier alpha value is -2.89. The normalized spacial score (nSPS) is 21.3. The quantitative estimate of drug-likeness (QED) is 0.701. The number of likely N-dealkylation sites (tertiary alicyclic amines) is 1. The first-order chi connectivity index (χ1) is 13.1. The molecule has 3 aromatic rings. The molecule has 6 heteroatoms. The summed E-state index contributed by atoms with van der Waals surface area (Å²) in [6.07, 6.45) is 2.85. The van der Waals surface area contributed by atoms with Gasteiger partial charge >= 0.3 is 0 Å². The Morgan fingerprint density at radius 2 is 2.00 bits per heavy atom. The van der Waals surface area contributed by atoms with E-state index in [9.17, 15) is 14.0 Å². The summed E-state index contributed by atoms with van der Waals surface area (Å²) in [6.45, 7) is 2.18. The molecule has 0 unspecified atom stereocenters. The second-order valence-corrected chi connectivity index (χ2v) is 7.64. The molecule has 2 aromatic heterocycles. The van der Waals surface area contributed by atoms with Gasteiger partial charge in [0.05, 0.1) is 5.52 Å². The van der Waals surface area contributed by atoms with Crippen molar-refractivity contribution in [3.05, 3.63) is 70.5 Å². The number of piperidine rings is 1. The summed E-state index contributed by atoms with van der Waals surface area (Å²) >= 11 is 0. The zero-order valence-electron chi connectivity index (χ0n) is 14.8. The van der Waals surface area contributed by atoms with Crippen LogP contribution >= 0.6 is 0 Å². The number of aromatic nitrogens is 2. The average Bonchev–Trinajstić information content (AvgIpc) is 3.04. The number of fused-ring (bicyclic) bond motifs is 5. The summed E-state index contributed by atoms with van der Waals surface area (Å²) in [4.78, 5) is 27.0. The number of benzene rings is 1. The van der Waals surface area contributed by atoms with E-state index in [1.54, 1.807) is 18.2 Å². The summed E-state index contributed by atoms with van der Waals surface area (Å²) in [6, 6.07) is 11.9. The number of carbonyl (C=O) groups is 1. The van der Waals surface area contributed by atoms with Crippen LogP contribution in [0.15, 0.2) is 53.5 Å². The van der Waals surface area contributed by atoms with Gasteiger partial charge in [-0.3, -0.25) is 9.59 Å². The third kappa shape index (κ3) is 2.76. The maximum Gasteiger partial charge on any atom is 0.250 e. The topological polar surface area (TPSA) is 47.2 Å². The molecular formula is C21H20FN3O2. The Morgan fingerprint density at radius 3 is 2.89 bits per heavy atom. The fraction of sp³-hybridized carbons (Fsp3) is 0.333. The van der Waals surface area contributed by atoms with E-state index in [1.807, 2.05) is 32.4 Å². The largest absolute Gasteiger partial charge is 0.340 e. The standard InChI is InChI=1S/C21H20FN3O2/c22-17-5-4-15-6-7-23(19(15)9-17)13-21(27)24-10-14-8-16(12-24)18-2-1-3-20(26)25(18)11-14/h1-7,9,14,16H,8,10-13H2/t14-,16+/m0/s1. The molecular weight excluding hydrogens is 345 g/mol. The highest BCUT2D eigenvalue weighted by molar-refractivity contribution is 5.83. The summed E-state index contributed by atoms with van der Waals surface area (Å²) in [5, 5.41) is 0.924. The predicted molar refractivity (Wildman–Crippen MR) is 100 cm³/mol. The van der Waals surface area contributed by atoms with E-state index >= 15 is 0 Å². The van der Waals surface area contributed by atoms with Gasteiger partial charge in [0, 0.05) is 43.5 Å². The predicted octanol–water partition coefficient (Wildman–Crippen LogP) is 2.59. The van der Waals surface area contributed by atoms with Crippen LogP contribution in [0.4, 0.5) is 4.39 Å². The molecule has 4 heterocycles. The summed E-state index contributed by atoms with van der Waals surface area (Å²) in [5.74, 6) is 0.246. The molecule has 0 saturated carbocycles. The van der Waals surface area contributed by atoms with E-state index in [-0.39, 0.29) is 29.7 Å². The van der Waals surface area contributed by atoms with E-state index in [4.69, 9.17) is 0 Å². The number of carbonyl (C=O) groups excluding carboxylic acids is 1. The molecule has 1 saturated heterocycles. The van der Waals surface area contributed by atoms with Crippen LogP contribution < -0.4 is 5.56 Å². The van der Waals surface area contributed by atoms with Crippen molar-refractivity contribution in [1.82, 2.24) is 14.0 Å². The third-order valence-electron chi connectivity index (χ3n) is 5.87. The number of pyridine rings is 1. The van der Waals surface area contributed by atoms with Gasteiger partial charge in [-0.25, -0.2) is 4.39 Å². The Labute approximate surface area is 155 Å². The van der Waals surface area contributed by atoms with Crippen molar-refractivity contribution in [1.29, 1.82) is 0 Å². The molecule has 1 amide bonds. The lowest BCUT2D eigenvalue weighted by Gasteiger charge is -2.42. The van der Waals surface area contributed by atoms with Gasteiger partial charge < -0.3 is 14.0 Å². The van der Waals surface area contributed by atoms with Crippen LogP contribution in [0, 0.1) is 11.7 Å². The molecule has 27 heavy (non-hydrogen) atoms. The highest BCUT2D eigenvalue weighted by Crippen LogP contribution is 2.35. The van der Waals surface area contributed by atoms with Crippen LogP contribution in [0.25, 0.3) is 10.9 Å². The average molecular weight is 365 g/mol. The summed E-state index contributed by atoms with van der Waals surface area (Å²) in [5.41, 5.74) is 1.81. The molecule has 5 nitrogen and oxygen atoms in total. The molecule has 2 bridgehead atoms. The first-order valence-corrected chi connectivity index (χ1v) is 9.30. The van der Waals surface area contributed by atoms with Crippen LogP contribution in [-0.2, 0) is 17.9 Å². The number of amides is 1. The van der Waals surface area contributed by atoms with Crippen molar-refractivity contribution < 1.29 is 9.18 Å². The maximum atomic E-state index is 13.6. The van der Waals surface area contributed by atoms with Crippen LogP contribution in [0.5, 0.6) is 0 Å². The Balaban J connectivity index is 1.39. The number of hydrogen-bond donors (Lipinski definition) is 0. The fourth-order valence-corrected chi connectivity index (χ4v) is 4.64. The smallest absolute Gasteiger partial charge is 0.250 e. The number of halogens is 1. The lowest BCUT2D eigenvalue weighted by atomic mass is 9.83. The molecule has 5 rings (SSSR count). The molecule has 2 aliphatic rings. The summed E-state index contributed by atoms with van der Waals surface area (Å²) in [7, 11) is 0. The highest BCUT2D eigenvalue weighted by Gasteiger charge is 2.36.